The maximum atomic E-state index is 5.28. The van der Waals surface area contributed by atoms with Crippen LogP contribution in [0.15, 0.2) is 31.1 Å². The third-order valence-corrected chi connectivity index (χ3v) is 1.36. The molecule has 0 N–H and O–H groups in total. The summed E-state index contributed by atoms with van der Waals surface area (Å²) < 4.78 is 7.17. The van der Waals surface area contributed by atoms with Crippen molar-refractivity contribution in [2.75, 3.05) is 0 Å². The van der Waals surface area contributed by atoms with Gasteiger partial charge in [-0.15, -0.1) is 0 Å². The Balaban J connectivity index is 2.49. The Morgan fingerprint density at radius 2 is 2.45 bits per heavy atom. The maximum Gasteiger partial charge on any atom is 0.173 e. The molecule has 1 unspecified atom stereocenters. The van der Waals surface area contributed by atoms with Crippen LogP contribution in [0.5, 0.6) is 0 Å². The first-order valence-electron chi connectivity index (χ1n) is 3.58. The number of ether oxygens (including phenoxy) is 1. The van der Waals surface area contributed by atoms with E-state index in [4.69, 9.17) is 4.74 Å². The molecule has 0 radical (unpaired) electrons. The lowest BCUT2D eigenvalue weighted by Crippen LogP contribution is -2.03. The van der Waals surface area contributed by atoms with E-state index < -0.39 is 0 Å². The van der Waals surface area contributed by atoms with E-state index in [1.54, 1.807) is 18.8 Å². The summed E-state index contributed by atoms with van der Waals surface area (Å²) in [5, 5.41) is 0. The van der Waals surface area contributed by atoms with Gasteiger partial charge in [0.2, 0.25) is 0 Å². The van der Waals surface area contributed by atoms with Crippen LogP contribution in [0.1, 0.15) is 20.1 Å². The van der Waals surface area contributed by atoms with Crippen LogP contribution in [0, 0.1) is 0 Å². The first kappa shape index (κ1) is 7.85. The molecule has 60 valence electrons. The fourth-order valence-corrected chi connectivity index (χ4v) is 0.747. The smallest absolute Gasteiger partial charge is 0.173 e. The van der Waals surface area contributed by atoms with E-state index in [1.807, 2.05) is 30.7 Å². The van der Waals surface area contributed by atoms with E-state index >= 15 is 0 Å². The molecule has 1 atom stereocenters. The molecular formula is C8H12N2O. The van der Waals surface area contributed by atoms with Crippen LogP contribution in [-0.4, -0.2) is 9.55 Å². The largest absolute Gasteiger partial charge is 0.478 e. The molecule has 1 heterocycles. The highest BCUT2D eigenvalue weighted by Crippen LogP contribution is 2.05. The Kier molecular flexibility index (Phi) is 2.72. The van der Waals surface area contributed by atoms with Gasteiger partial charge in [0.15, 0.2) is 6.23 Å². The zero-order valence-electron chi connectivity index (χ0n) is 6.77. The van der Waals surface area contributed by atoms with E-state index in [0.29, 0.717) is 0 Å². The summed E-state index contributed by atoms with van der Waals surface area (Å²) in [5.74, 6) is 0. The molecular weight excluding hydrogens is 140 g/mol. The van der Waals surface area contributed by atoms with Crippen LogP contribution in [0.4, 0.5) is 0 Å². The number of hydrogen-bond acceptors (Lipinski definition) is 2. The molecule has 0 aliphatic heterocycles. The molecule has 0 saturated carbocycles. The quantitative estimate of drug-likeness (QED) is 0.619. The second-order valence-electron chi connectivity index (χ2n) is 2.21. The Labute approximate surface area is 66.3 Å². The van der Waals surface area contributed by atoms with Gasteiger partial charge in [-0.2, -0.15) is 0 Å². The lowest BCUT2D eigenvalue weighted by molar-refractivity contribution is 0.0978. The minimum atomic E-state index is 0.0219. The predicted octanol–water partition coefficient (Wildman–Crippen LogP) is 1.95. The van der Waals surface area contributed by atoms with E-state index in [2.05, 4.69) is 4.98 Å². The zero-order chi connectivity index (χ0) is 8.10. The molecule has 1 rings (SSSR count). The van der Waals surface area contributed by atoms with Gasteiger partial charge < -0.3 is 9.30 Å². The second-order valence-corrected chi connectivity index (χ2v) is 2.21. The average Bonchev–Trinajstić information content (AvgIpc) is 2.52. The van der Waals surface area contributed by atoms with Crippen molar-refractivity contribution in [1.29, 1.82) is 0 Å². The second kappa shape index (κ2) is 3.81. The summed E-state index contributed by atoms with van der Waals surface area (Å²) in [4.78, 5) is 3.91. The molecule has 0 aliphatic carbocycles. The van der Waals surface area contributed by atoms with Crippen LogP contribution >= 0.6 is 0 Å². The van der Waals surface area contributed by atoms with Crippen LogP contribution in [0.25, 0.3) is 0 Å². The van der Waals surface area contributed by atoms with Crippen molar-refractivity contribution in [3.8, 4) is 0 Å². The van der Waals surface area contributed by atoms with Gasteiger partial charge in [0.05, 0.1) is 12.6 Å². The van der Waals surface area contributed by atoms with Crippen molar-refractivity contribution in [3.63, 3.8) is 0 Å². The molecule has 1 aromatic heterocycles. The summed E-state index contributed by atoms with van der Waals surface area (Å²) >= 11 is 0. The lowest BCUT2D eigenvalue weighted by Gasteiger charge is -2.11. The van der Waals surface area contributed by atoms with Gasteiger partial charge in [0, 0.05) is 12.4 Å². The van der Waals surface area contributed by atoms with Crippen molar-refractivity contribution in [2.24, 2.45) is 0 Å². The predicted molar refractivity (Wildman–Crippen MR) is 42.8 cm³/mol. The number of imidazole rings is 1. The number of rotatable bonds is 3. The molecule has 11 heavy (non-hydrogen) atoms. The van der Waals surface area contributed by atoms with Crippen molar-refractivity contribution < 1.29 is 4.74 Å². The minimum absolute atomic E-state index is 0.0219. The molecule has 1 aromatic rings. The first-order valence-corrected chi connectivity index (χ1v) is 3.58. The molecule has 0 amide bonds. The van der Waals surface area contributed by atoms with Gasteiger partial charge in [0.25, 0.3) is 0 Å². The number of nitrogens with zero attached hydrogens (tertiary/aromatic N) is 2. The van der Waals surface area contributed by atoms with Crippen LogP contribution in [0.3, 0.4) is 0 Å². The molecule has 0 spiro atoms. The zero-order valence-corrected chi connectivity index (χ0v) is 6.77. The Morgan fingerprint density at radius 1 is 1.64 bits per heavy atom. The van der Waals surface area contributed by atoms with Crippen LogP contribution < -0.4 is 0 Å². The van der Waals surface area contributed by atoms with Gasteiger partial charge in [-0.05, 0) is 13.8 Å². The summed E-state index contributed by atoms with van der Waals surface area (Å²) in [5.41, 5.74) is 0. The monoisotopic (exact) mass is 152 g/mol. The highest BCUT2D eigenvalue weighted by molar-refractivity contribution is 4.77. The van der Waals surface area contributed by atoms with E-state index in [0.717, 1.165) is 0 Å². The molecule has 0 aliphatic rings. The Bertz CT molecular complexity index is 216. The summed E-state index contributed by atoms with van der Waals surface area (Å²) in [6.07, 6.45) is 8.88. The normalized spacial score (nSPS) is 13.6. The highest BCUT2D eigenvalue weighted by Gasteiger charge is 1.99. The molecule has 0 aromatic carbocycles. The van der Waals surface area contributed by atoms with Gasteiger partial charge >= 0.3 is 0 Å². The van der Waals surface area contributed by atoms with E-state index in [9.17, 15) is 0 Å². The molecule has 3 heteroatoms. The third-order valence-electron chi connectivity index (χ3n) is 1.36. The molecule has 0 bridgehead atoms. The Hall–Kier alpha value is -1.25. The van der Waals surface area contributed by atoms with Crippen molar-refractivity contribution in [3.05, 3.63) is 31.1 Å². The van der Waals surface area contributed by atoms with Gasteiger partial charge in [-0.3, -0.25) is 0 Å². The van der Waals surface area contributed by atoms with Crippen molar-refractivity contribution in [1.82, 2.24) is 9.55 Å². The summed E-state index contributed by atoms with van der Waals surface area (Å²) in [7, 11) is 0. The standard InChI is InChI=1S/C8H12N2O/c1-3-6-11-8(2)10-5-4-9-7-10/h3-8H,1-2H3. The van der Waals surface area contributed by atoms with Crippen molar-refractivity contribution >= 4 is 0 Å². The fraction of sp³-hybridized carbons (Fsp3) is 0.375. The molecule has 3 nitrogen and oxygen atoms in total. The molecule has 0 saturated heterocycles. The number of allylic oxidation sites excluding steroid dienone is 1. The fourth-order valence-electron chi connectivity index (χ4n) is 0.747. The van der Waals surface area contributed by atoms with E-state index in [-0.39, 0.29) is 6.23 Å². The Morgan fingerprint density at radius 3 is 3.00 bits per heavy atom. The topological polar surface area (TPSA) is 27.1 Å². The van der Waals surface area contributed by atoms with Crippen molar-refractivity contribution in [2.45, 2.75) is 20.1 Å². The van der Waals surface area contributed by atoms with Gasteiger partial charge in [0.1, 0.15) is 0 Å². The third kappa shape index (κ3) is 2.11. The molecule has 0 fully saturated rings. The number of hydrogen-bond donors (Lipinski definition) is 0. The SMILES string of the molecule is CC=COC(C)n1ccnc1. The van der Waals surface area contributed by atoms with Gasteiger partial charge in [-0.1, -0.05) is 6.08 Å². The van der Waals surface area contributed by atoms with Gasteiger partial charge in [-0.25, -0.2) is 4.98 Å². The number of aromatic nitrogens is 2. The summed E-state index contributed by atoms with van der Waals surface area (Å²) in [6.45, 7) is 3.88. The first-order chi connectivity index (χ1) is 5.34. The summed E-state index contributed by atoms with van der Waals surface area (Å²) in [6, 6.07) is 0. The van der Waals surface area contributed by atoms with Crippen LogP contribution in [0.2, 0.25) is 0 Å². The lowest BCUT2D eigenvalue weighted by atomic mass is 10.6. The van der Waals surface area contributed by atoms with E-state index in [1.165, 1.54) is 0 Å². The minimum Gasteiger partial charge on any atom is -0.478 e. The van der Waals surface area contributed by atoms with Crippen LogP contribution in [-0.2, 0) is 4.74 Å². The maximum absolute atomic E-state index is 5.28. The highest BCUT2D eigenvalue weighted by atomic mass is 16.5. The average molecular weight is 152 g/mol.